The molecule has 0 bridgehead atoms. The first kappa shape index (κ1) is 19.2. The van der Waals surface area contributed by atoms with E-state index in [1.54, 1.807) is 24.3 Å². The van der Waals surface area contributed by atoms with E-state index < -0.39 is 5.41 Å². The molecule has 29 heavy (non-hydrogen) atoms. The molecule has 8 heteroatoms. The van der Waals surface area contributed by atoms with Gasteiger partial charge in [0.05, 0.1) is 12.0 Å². The summed E-state index contributed by atoms with van der Waals surface area (Å²) in [5.41, 5.74) is 6.86. The number of benzene rings is 2. The molecule has 2 aromatic carbocycles. The van der Waals surface area contributed by atoms with Gasteiger partial charge in [-0.25, -0.2) is 9.37 Å². The summed E-state index contributed by atoms with van der Waals surface area (Å²) in [4.78, 5) is 17.6. The Morgan fingerprint density at radius 2 is 1.97 bits per heavy atom. The number of aromatic nitrogens is 3. The molecule has 2 heterocycles. The van der Waals surface area contributed by atoms with E-state index in [9.17, 15) is 9.18 Å². The van der Waals surface area contributed by atoms with Crippen LogP contribution in [0.1, 0.15) is 24.2 Å². The number of H-pyrrole nitrogens is 1. The molecule has 1 aromatic heterocycles. The van der Waals surface area contributed by atoms with E-state index >= 15 is 0 Å². The predicted molar refractivity (Wildman–Crippen MR) is 106 cm³/mol. The third kappa shape index (κ3) is 3.90. The molecule has 0 radical (unpaired) electrons. The average molecular weight is 395 g/mol. The van der Waals surface area contributed by atoms with Crippen LogP contribution >= 0.6 is 0 Å². The number of hydrogen-bond acceptors (Lipinski definition) is 5. The van der Waals surface area contributed by atoms with E-state index in [-0.39, 0.29) is 18.3 Å². The lowest BCUT2D eigenvalue weighted by Crippen LogP contribution is -2.44. The molecule has 0 saturated carbocycles. The second-order valence-corrected chi connectivity index (χ2v) is 7.05. The van der Waals surface area contributed by atoms with Gasteiger partial charge in [0, 0.05) is 24.5 Å². The number of anilines is 1. The van der Waals surface area contributed by atoms with Crippen molar-refractivity contribution in [2.75, 3.05) is 18.5 Å². The number of nitrogens with one attached hydrogen (secondary N) is 2. The summed E-state index contributed by atoms with van der Waals surface area (Å²) in [7, 11) is 0. The van der Waals surface area contributed by atoms with Crippen LogP contribution in [0.3, 0.4) is 0 Å². The third-order valence-corrected chi connectivity index (χ3v) is 5.28. The molecule has 0 aliphatic carbocycles. The van der Waals surface area contributed by atoms with Crippen molar-refractivity contribution in [2.45, 2.75) is 24.8 Å². The van der Waals surface area contributed by atoms with Gasteiger partial charge in [0.1, 0.15) is 11.6 Å². The Labute approximate surface area is 167 Å². The number of rotatable bonds is 5. The minimum absolute atomic E-state index is 0.164. The van der Waals surface area contributed by atoms with Crippen molar-refractivity contribution in [3.8, 4) is 11.4 Å². The Morgan fingerprint density at radius 3 is 2.62 bits per heavy atom. The summed E-state index contributed by atoms with van der Waals surface area (Å²) in [6, 6.07) is 13.5. The standard InChI is InChI=1S/C21H22FN5O2/c22-16-3-1-2-15(12-16)21(8-10-29-11-9-21)20(28)24-17-6-4-14(5-7-17)19-25-18(13-23)26-27-19/h1-7,12H,8-11,13,23H2,(H,24,28)(H,25,26,27). The molecular formula is C21H22FN5O2. The molecule has 0 spiro atoms. The Kier molecular flexibility index (Phi) is 5.37. The minimum Gasteiger partial charge on any atom is -0.381 e. The number of carbonyl (C=O) groups is 1. The van der Waals surface area contributed by atoms with Gasteiger partial charge in [-0.15, -0.1) is 0 Å². The van der Waals surface area contributed by atoms with Crippen molar-refractivity contribution in [3.63, 3.8) is 0 Å². The van der Waals surface area contributed by atoms with E-state index in [2.05, 4.69) is 20.5 Å². The summed E-state index contributed by atoms with van der Waals surface area (Å²) in [5, 5.41) is 9.88. The molecule has 150 valence electrons. The number of halogens is 1. The Balaban J connectivity index is 1.56. The lowest BCUT2D eigenvalue weighted by Gasteiger charge is -2.36. The molecular weight excluding hydrogens is 373 g/mol. The van der Waals surface area contributed by atoms with Crippen LogP contribution in [0.2, 0.25) is 0 Å². The normalized spacial score (nSPS) is 15.8. The molecule has 4 N–H and O–H groups in total. The number of nitrogens with two attached hydrogens (primary N) is 1. The van der Waals surface area contributed by atoms with Crippen LogP contribution in [0.4, 0.5) is 10.1 Å². The predicted octanol–water partition coefficient (Wildman–Crippen LogP) is 2.76. The highest BCUT2D eigenvalue weighted by molar-refractivity contribution is 5.99. The Bertz CT molecular complexity index is 996. The first-order chi connectivity index (χ1) is 14.1. The van der Waals surface area contributed by atoms with Crippen molar-refractivity contribution < 1.29 is 13.9 Å². The van der Waals surface area contributed by atoms with Gasteiger partial charge >= 0.3 is 0 Å². The van der Waals surface area contributed by atoms with Gasteiger partial charge in [0.2, 0.25) is 5.91 Å². The fourth-order valence-electron chi connectivity index (χ4n) is 3.62. The third-order valence-electron chi connectivity index (χ3n) is 5.28. The fourth-order valence-corrected chi connectivity index (χ4v) is 3.62. The van der Waals surface area contributed by atoms with Crippen molar-refractivity contribution in [3.05, 3.63) is 65.7 Å². The molecule has 1 aliphatic heterocycles. The molecule has 1 fully saturated rings. The van der Waals surface area contributed by atoms with E-state index in [0.29, 0.717) is 49.0 Å². The molecule has 7 nitrogen and oxygen atoms in total. The van der Waals surface area contributed by atoms with Crippen LogP contribution in [-0.4, -0.2) is 34.3 Å². The summed E-state index contributed by atoms with van der Waals surface area (Å²) < 4.78 is 19.3. The van der Waals surface area contributed by atoms with E-state index in [4.69, 9.17) is 10.5 Å². The van der Waals surface area contributed by atoms with Gasteiger partial charge in [-0.05, 0) is 54.8 Å². The number of hydrogen-bond donors (Lipinski definition) is 3. The topological polar surface area (TPSA) is 106 Å². The summed E-state index contributed by atoms with van der Waals surface area (Å²) >= 11 is 0. The second-order valence-electron chi connectivity index (χ2n) is 7.05. The van der Waals surface area contributed by atoms with Gasteiger partial charge in [-0.2, -0.15) is 5.10 Å². The fraction of sp³-hybridized carbons (Fsp3) is 0.286. The minimum atomic E-state index is -0.821. The van der Waals surface area contributed by atoms with Gasteiger partial charge < -0.3 is 15.8 Å². The van der Waals surface area contributed by atoms with Crippen LogP contribution in [0, 0.1) is 5.82 Å². The number of nitrogens with zero attached hydrogens (tertiary/aromatic N) is 2. The summed E-state index contributed by atoms with van der Waals surface area (Å²) in [6.07, 6.45) is 0.999. The van der Waals surface area contributed by atoms with E-state index in [1.807, 2.05) is 12.1 Å². The number of amides is 1. The molecule has 3 aromatic rings. The maximum atomic E-state index is 13.8. The van der Waals surface area contributed by atoms with Crippen LogP contribution in [-0.2, 0) is 21.5 Å². The number of aromatic amines is 1. The molecule has 1 aliphatic rings. The largest absolute Gasteiger partial charge is 0.381 e. The van der Waals surface area contributed by atoms with Gasteiger partial charge in [0.25, 0.3) is 0 Å². The summed E-state index contributed by atoms with van der Waals surface area (Å²) in [6.45, 7) is 1.20. The quantitative estimate of drug-likeness (QED) is 0.616. The van der Waals surface area contributed by atoms with Crippen molar-refractivity contribution in [2.24, 2.45) is 5.73 Å². The maximum Gasteiger partial charge on any atom is 0.235 e. The molecule has 4 rings (SSSR count). The maximum absolute atomic E-state index is 13.8. The van der Waals surface area contributed by atoms with Gasteiger partial charge in [-0.1, -0.05) is 12.1 Å². The average Bonchev–Trinajstić information content (AvgIpc) is 3.24. The molecule has 1 saturated heterocycles. The number of carbonyl (C=O) groups excluding carboxylic acids is 1. The zero-order valence-corrected chi connectivity index (χ0v) is 15.8. The van der Waals surface area contributed by atoms with Crippen LogP contribution in [0.15, 0.2) is 48.5 Å². The summed E-state index contributed by atoms with van der Waals surface area (Å²) in [5.74, 6) is 0.634. The lowest BCUT2D eigenvalue weighted by atomic mass is 9.73. The highest BCUT2D eigenvalue weighted by atomic mass is 19.1. The molecule has 0 atom stereocenters. The zero-order chi connectivity index (χ0) is 20.3. The highest BCUT2D eigenvalue weighted by Gasteiger charge is 2.42. The van der Waals surface area contributed by atoms with Crippen LogP contribution in [0.25, 0.3) is 11.4 Å². The molecule has 0 unspecified atom stereocenters. The monoisotopic (exact) mass is 395 g/mol. The SMILES string of the molecule is NCc1nc(-c2ccc(NC(=O)C3(c4cccc(F)c4)CCOCC3)cc2)n[nH]1. The van der Waals surface area contributed by atoms with Crippen molar-refractivity contribution in [1.29, 1.82) is 0 Å². The van der Waals surface area contributed by atoms with Crippen LogP contribution in [0.5, 0.6) is 0 Å². The smallest absolute Gasteiger partial charge is 0.235 e. The first-order valence-electron chi connectivity index (χ1n) is 9.48. The lowest BCUT2D eigenvalue weighted by molar-refractivity contribution is -0.125. The van der Waals surface area contributed by atoms with Gasteiger partial charge in [-0.3, -0.25) is 9.89 Å². The van der Waals surface area contributed by atoms with Gasteiger partial charge in [0.15, 0.2) is 5.82 Å². The Hall–Kier alpha value is -3.10. The van der Waals surface area contributed by atoms with Crippen molar-refractivity contribution in [1.82, 2.24) is 15.2 Å². The first-order valence-corrected chi connectivity index (χ1v) is 9.48. The van der Waals surface area contributed by atoms with E-state index in [1.165, 1.54) is 12.1 Å². The highest BCUT2D eigenvalue weighted by Crippen LogP contribution is 2.36. The van der Waals surface area contributed by atoms with E-state index in [0.717, 1.165) is 5.56 Å². The number of ether oxygens (including phenoxy) is 1. The molecule has 1 amide bonds. The Morgan fingerprint density at radius 1 is 1.21 bits per heavy atom. The van der Waals surface area contributed by atoms with Crippen LogP contribution < -0.4 is 11.1 Å². The second kappa shape index (κ2) is 8.10. The van der Waals surface area contributed by atoms with Crippen molar-refractivity contribution >= 4 is 11.6 Å². The zero-order valence-electron chi connectivity index (χ0n) is 15.8.